The number of carbonyl (C=O) groups is 1. The molecule has 1 aliphatic heterocycles. The molecule has 0 amide bonds. The summed E-state index contributed by atoms with van der Waals surface area (Å²) in [7, 11) is 0. The summed E-state index contributed by atoms with van der Waals surface area (Å²) in [5.41, 5.74) is 2.13. The van der Waals surface area contributed by atoms with Gasteiger partial charge in [0.05, 0.1) is 32.0 Å². The molecular formula is C21H30O5. The molecule has 1 unspecified atom stereocenters. The first kappa shape index (κ1) is 20.5. The molecule has 26 heavy (non-hydrogen) atoms. The first-order valence-electron chi connectivity index (χ1n) is 9.35. The van der Waals surface area contributed by atoms with Gasteiger partial charge in [-0.2, -0.15) is 0 Å². The Morgan fingerprint density at radius 1 is 1.35 bits per heavy atom. The Morgan fingerprint density at radius 2 is 2.12 bits per heavy atom. The van der Waals surface area contributed by atoms with Crippen molar-refractivity contribution in [1.29, 1.82) is 0 Å². The molecule has 1 aliphatic rings. The average molecular weight is 362 g/mol. The van der Waals surface area contributed by atoms with Crippen molar-refractivity contribution in [2.45, 2.75) is 58.8 Å². The third kappa shape index (κ3) is 7.18. The summed E-state index contributed by atoms with van der Waals surface area (Å²) in [4.78, 5) is 11.4. The zero-order valence-electron chi connectivity index (χ0n) is 16.2. The van der Waals surface area contributed by atoms with Crippen LogP contribution in [-0.2, 0) is 19.0 Å². The molecule has 0 spiro atoms. The van der Waals surface area contributed by atoms with E-state index in [0.717, 1.165) is 23.5 Å². The van der Waals surface area contributed by atoms with E-state index in [1.54, 1.807) is 0 Å². The van der Waals surface area contributed by atoms with E-state index in [0.29, 0.717) is 26.1 Å². The van der Waals surface area contributed by atoms with Crippen molar-refractivity contribution in [3.63, 3.8) is 0 Å². The van der Waals surface area contributed by atoms with Gasteiger partial charge >= 0.3 is 5.97 Å². The zero-order chi connectivity index (χ0) is 18.9. The van der Waals surface area contributed by atoms with Gasteiger partial charge in [-0.1, -0.05) is 18.2 Å². The lowest BCUT2D eigenvalue weighted by Gasteiger charge is -2.18. The van der Waals surface area contributed by atoms with Crippen molar-refractivity contribution in [3.8, 4) is 5.75 Å². The normalized spacial score (nSPS) is 17.5. The van der Waals surface area contributed by atoms with Crippen molar-refractivity contribution < 1.29 is 23.7 Å². The van der Waals surface area contributed by atoms with E-state index in [2.05, 4.69) is 0 Å². The highest BCUT2D eigenvalue weighted by Gasteiger charge is 2.24. The van der Waals surface area contributed by atoms with Crippen LogP contribution < -0.4 is 4.74 Å². The molecule has 0 aliphatic carbocycles. The van der Waals surface area contributed by atoms with Crippen molar-refractivity contribution in [1.82, 2.24) is 0 Å². The monoisotopic (exact) mass is 362 g/mol. The molecule has 0 saturated carbocycles. The number of esters is 1. The van der Waals surface area contributed by atoms with Crippen LogP contribution in [0.4, 0.5) is 0 Å². The van der Waals surface area contributed by atoms with Gasteiger partial charge in [0.25, 0.3) is 0 Å². The number of hydrogen-bond acceptors (Lipinski definition) is 5. The molecular weight excluding hydrogens is 332 g/mol. The molecule has 0 N–H and O–H groups in total. The largest absolute Gasteiger partial charge is 0.491 e. The predicted molar refractivity (Wildman–Crippen MR) is 101 cm³/mol. The smallest absolute Gasteiger partial charge is 0.306 e. The van der Waals surface area contributed by atoms with Gasteiger partial charge in [0.15, 0.2) is 0 Å². The van der Waals surface area contributed by atoms with Crippen LogP contribution in [0.5, 0.6) is 5.75 Å². The summed E-state index contributed by atoms with van der Waals surface area (Å²) in [5, 5.41) is 0. The van der Waals surface area contributed by atoms with Crippen LogP contribution in [0.1, 0.15) is 57.8 Å². The Bertz CT molecular complexity index is 604. The molecule has 1 aromatic carbocycles. The Morgan fingerprint density at radius 3 is 2.77 bits per heavy atom. The molecule has 0 bridgehead atoms. The second-order valence-corrected chi connectivity index (χ2v) is 6.63. The Labute approximate surface area is 156 Å². The highest BCUT2D eigenvalue weighted by molar-refractivity contribution is 5.69. The fraction of sp³-hybridized carbons (Fsp3) is 0.571. The van der Waals surface area contributed by atoms with Crippen LogP contribution in [0, 0.1) is 0 Å². The average Bonchev–Trinajstić information content (AvgIpc) is 3.41. The molecule has 2 atom stereocenters. The van der Waals surface area contributed by atoms with Crippen LogP contribution in [0.3, 0.4) is 0 Å². The van der Waals surface area contributed by atoms with Crippen LogP contribution >= 0.6 is 0 Å². The maximum Gasteiger partial charge on any atom is 0.306 e. The third-order valence-electron chi connectivity index (χ3n) is 3.92. The summed E-state index contributed by atoms with van der Waals surface area (Å²) < 4.78 is 21.9. The second-order valence-electron chi connectivity index (χ2n) is 6.63. The van der Waals surface area contributed by atoms with Gasteiger partial charge in [0.1, 0.15) is 11.9 Å². The van der Waals surface area contributed by atoms with Gasteiger partial charge < -0.3 is 18.9 Å². The van der Waals surface area contributed by atoms with E-state index in [9.17, 15) is 4.79 Å². The van der Waals surface area contributed by atoms with Crippen LogP contribution in [0.15, 0.2) is 24.3 Å². The molecule has 1 saturated heterocycles. The standard InChI is InChI=1S/C21H30O5/c1-5-23-21(22)9-7-6-8-17-10-11-18(26-15(2)3)12-20(17)16(4)24-13-19-14-25-19/h6,8,10-12,15-16,19H,5,7,9,13-14H2,1-4H3/b8-6+/t16-,19?/m1/s1. The first-order valence-corrected chi connectivity index (χ1v) is 9.35. The van der Waals surface area contributed by atoms with Crippen molar-refractivity contribution >= 4 is 12.0 Å². The molecule has 0 aromatic heterocycles. The lowest BCUT2D eigenvalue weighted by Crippen LogP contribution is -2.09. The number of benzene rings is 1. The SMILES string of the molecule is CCOC(=O)CC/C=C/c1ccc(OC(C)C)cc1[C@@H](C)OCC1CO1. The molecule has 0 radical (unpaired) electrons. The summed E-state index contributed by atoms with van der Waals surface area (Å²) >= 11 is 0. The minimum atomic E-state index is -0.167. The fourth-order valence-electron chi connectivity index (χ4n) is 2.55. The van der Waals surface area contributed by atoms with E-state index < -0.39 is 0 Å². The molecule has 1 aromatic rings. The van der Waals surface area contributed by atoms with Crippen molar-refractivity contribution in [2.75, 3.05) is 19.8 Å². The maximum absolute atomic E-state index is 11.4. The van der Waals surface area contributed by atoms with Gasteiger partial charge in [-0.3, -0.25) is 4.79 Å². The Balaban J connectivity index is 2.05. The van der Waals surface area contributed by atoms with E-state index >= 15 is 0 Å². The molecule has 1 fully saturated rings. The lowest BCUT2D eigenvalue weighted by atomic mass is 10.0. The zero-order valence-corrected chi connectivity index (χ0v) is 16.2. The highest BCUT2D eigenvalue weighted by Crippen LogP contribution is 2.28. The number of epoxide rings is 1. The Hall–Kier alpha value is -1.85. The van der Waals surface area contributed by atoms with Gasteiger partial charge in [0.2, 0.25) is 0 Å². The number of rotatable bonds is 11. The number of carbonyl (C=O) groups excluding carboxylic acids is 1. The lowest BCUT2D eigenvalue weighted by molar-refractivity contribution is -0.142. The summed E-state index contributed by atoms with van der Waals surface area (Å²) in [6.45, 7) is 9.66. The molecule has 1 heterocycles. The van der Waals surface area contributed by atoms with Gasteiger partial charge in [-0.25, -0.2) is 0 Å². The fourth-order valence-corrected chi connectivity index (χ4v) is 2.55. The highest BCUT2D eigenvalue weighted by atomic mass is 16.6. The number of ether oxygens (including phenoxy) is 4. The summed E-state index contributed by atoms with van der Waals surface area (Å²) in [6, 6.07) is 6.02. The predicted octanol–water partition coefficient (Wildman–Crippen LogP) is 4.31. The van der Waals surface area contributed by atoms with E-state index in [1.807, 2.05) is 58.0 Å². The number of hydrogen-bond donors (Lipinski definition) is 0. The first-order chi connectivity index (χ1) is 12.5. The molecule has 5 heteroatoms. The minimum Gasteiger partial charge on any atom is -0.491 e. The van der Waals surface area contributed by atoms with Gasteiger partial charge in [-0.15, -0.1) is 0 Å². The Kier molecular flexibility index (Phi) is 8.13. The van der Waals surface area contributed by atoms with Crippen molar-refractivity contribution in [3.05, 3.63) is 35.4 Å². The van der Waals surface area contributed by atoms with E-state index in [4.69, 9.17) is 18.9 Å². The van der Waals surface area contributed by atoms with E-state index in [1.165, 1.54) is 0 Å². The van der Waals surface area contributed by atoms with Crippen LogP contribution in [0.25, 0.3) is 6.08 Å². The summed E-state index contributed by atoms with van der Waals surface area (Å²) in [6.07, 6.45) is 5.34. The second kappa shape index (κ2) is 10.3. The van der Waals surface area contributed by atoms with E-state index in [-0.39, 0.29) is 24.3 Å². The van der Waals surface area contributed by atoms with Crippen LogP contribution in [0.2, 0.25) is 0 Å². The van der Waals surface area contributed by atoms with Gasteiger partial charge in [0, 0.05) is 6.42 Å². The molecule has 144 valence electrons. The maximum atomic E-state index is 11.4. The topological polar surface area (TPSA) is 57.3 Å². The third-order valence-corrected chi connectivity index (χ3v) is 3.92. The summed E-state index contributed by atoms with van der Waals surface area (Å²) in [5.74, 6) is 0.663. The van der Waals surface area contributed by atoms with Crippen molar-refractivity contribution in [2.24, 2.45) is 0 Å². The molecule has 5 nitrogen and oxygen atoms in total. The van der Waals surface area contributed by atoms with Gasteiger partial charge in [-0.05, 0) is 57.4 Å². The molecule has 2 rings (SSSR count). The quantitative estimate of drug-likeness (QED) is 0.434. The van der Waals surface area contributed by atoms with Crippen LogP contribution in [-0.4, -0.2) is 38.0 Å². The minimum absolute atomic E-state index is 0.0698. The number of allylic oxidation sites excluding steroid dienone is 1.